The SMILES string of the molecule is COc1ccc(CC2CCN(C(=O)c3cccnc3)CC2)cc1OC1CCCC1. The van der Waals surface area contributed by atoms with Crippen LogP contribution >= 0.6 is 0 Å². The van der Waals surface area contributed by atoms with E-state index in [1.54, 1.807) is 19.5 Å². The number of likely N-dealkylation sites (tertiary alicyclic amines) is 1. The summed E-state index contributed by atoms with van der Waals surface area (Å²) < 4.78 is 11.7. The van der Waals surface area contributed by atoms with Gasteiger partial charge in [0, 0.05) is 25.5 Å². The van der Waals surface area contributed by atoms with Crippen LogP contribution in [0.3, 0.4) is 0 Å². The number of benzene rings is 1. The van der Waals surface area contributed by atoms with Crippen molar-refractivity contribution in [3.05, 3.63) is 53.9 Å². The van der Waals surface area contributed by atoms with Crippen molar-refractivity contribution in [2.75, 3.05) is 20.2 Å². The van der Waals surface area contributed by atoms with Gasteiger partial charge >= 0.3 is 0 Å². The van der Waals surface area contributed by atoms with Gasteiger partial charge in [-0.3, -0.25) is 9.78 Å². The van der Waals surface area contributed by atoms with Crippen molar-refractivity contribution in [3.8, 4) is 11.5 Å². The molecular weight excluding hydrogens is 364 g/mol. The molecule has 0 N–H and O–H groups in total. The Morgan fingerprint density at radius 2 is 1.90 bits per heavy atom. The molecule has 5 heteroatoms. The summed E-state index contributed by atoms with van der Waals surface area (Å²) in [6.07, 6.45) is 11.5. The topological polar surface area (TPSA) is 51.7 Å². The molecule has 1 saturated heterocycles. The van der Waals surface area contributed by atoms with Crippen molar-refractivity contribution in [3.63, 3.8) is 0 Å². The number of nitrogens with zero attached hydrogens (tertiary/aromatic N) is 2. The number of piperidine rings is 1. The number of hydrogen-bond donors (Lipinski definition) is 0. The summed E-state index contributed by atoms with van der Waals surface area (Å²) in [5.41, 5.74) is 1.96. The predicted octanol–water partition coefficient (Wildman–Crippen LogP) is 4.51. The van der Waals surface area contributed by atoms with Gasteiger partial charge in [-0.05, 0) is 80.7 Å². The largest absolute Gasteiger partial charge is 0.493 e. The molecule has 1 aliphatic carbocycles. The van der Waals surface area contributed by atoms with Crippen LogP contribution in [0.5, 0.6) is 11.5 Å². The molecular formula is C24H30N2O3. The summed E-state index contributed by atoms with van der Waals surface area (Å²) in [5, 5.41) is 0. The van der Waals surface area contributed by atoms with Gasteiger partial charge in [-0.1, -0.05) is 6.07 Å². The first-order chi connectivity index (χ1) is 14.2. The highest BCUT2D eigenvalue weighted by Gasteiger charge is 2.24. The van der Waals surface area contributed by atoms with E-state index in [2.05, 4.69) is 17.1 Å². The Kier molecular flexibility index (Phi) is 6.33. The van der Waals surface area contributed by atoms with Gasteiger partial charge < -0.3 is 14.4 Å². The lowest BCUT2D eigenvalue weighted by molar-refractivity contribution is 0.0690. The van der Waals surface area contributed by atoms with Crippen molar-refractivity contribution in [2.24, 2.45) is 5.92 Å². The number of carbonyl (C=O) groups is 1. The van der Waals surface area contributed by atoms with E-state index < -0.39 is 0 Å². The average Bonchev–Trinajstić information content (AvgIpc) is 3.28. The quantitative estimate of drug-likeness (QED) is 0.724. The Balaban J connectivity index is 1.34. The number of aromatic nitrogens is 1. The molecule has 2 fully saturated rings. The second-order valence-corrected chi connectivity index (χ2v) is 8.19. The van der Waals surface area contributed by atoms with Crippen LogP contribution in [0.15, 0.2) is 42.7 Å². The molecule has 0 radical (unpaired) electrons. The minimum atomic E-state index is 0.0910. The molecule has 1 aromatic heterocycles. The summed E-state index contributed by atoms with van der Waals surface area (Å²) >= 11 is 0. The number of ether oxygens (including phenoxy) is 2. The number of rotatable bonds is 6. The van der Waals surface area contributed by atoms with Gasteiger partial charge in [-0.15, -0.1) is 0 Å². The highest BCUT2D eigenvalue weighted by atomic mass is 16.5. The maximum Gasteiger partial charge on any atom is 0.255 e. The molecule has 2 aliphatic rings. The maximum atomic E-state index is 12.6. The van der Waals surface area contributed by atoms with Crippen LogP contribution in [-0.2, 0) is 6.42 Å². The Morgan fingerprint density at radius 3 is 2.59 bits per heavy atom. The number of amides is 1. The van der Waals surface area contributed by atoms with E-state index in [0.717, 1.165) is 56.7 Å². The molecule has 1 aliphatic heterocycles. The second kappa shape index (κ2) is 9.29. The molecule has 2 heterocycles. The van der Waals surface area contributed by atoms with Crippen molar-refractivity contribution in [2.45, 2.75) is 51.0 Å². The van der Waals surface area contributed by atoms with Crippen LogP contribution in [0.4, 0.5) is 0 Å². The maximum absolute atomic E-state index is 12.6. The van der Waals surface area contributed by atoms with Gasteiger partial charge in [-0.2, -0.15) is 0 Å². The fraction of sp³-hybridized carbons (Fsp3) is 0.500. The molecule has 0 bridgehead atoms. The fourth-order valence-corrected chi connectivity index (χ4v) is 4.47. The highest BCUT2D eigenvalue weighted by Crippen LogP contribution is 2.34. The summed E-state index contributed by atoms with van der Waals surface area (Å²) in [6.45, 7) is 1.61. The van der Waals surface area contributed by atoms with E-state index in [1.807, 2.05) is 23.1 Å². The normalized spacial score (nSPS) is 18.0. The Labute approximate surface area is 173 Å². The van der Waals surface area contributed by atoms with E-state index in [-0.39, 0.29) is 5.91 Å². The first-order valence-electron chi connectivity index (χ1n) is 10.8. The van der Waals surface area contributed by atoms with Gasteiger partial charge in [0.2, 0.25) is 0 Å². The second-order valence-electron chi connectivity index (χ2n) is 8.19. The Morgan fingerprint density at radius 1 is 1.10 bits per heavy atom. The van der Waals surface area contributed by atoms with Crippen LogP contribution in [0, 0.1) is 5.92 Å². The molecule has 29 heavy (non-hydrogen) atoms. The van der Waals surface area contributed by atoms with Gasteiger partial charge in [0.15, 0.2) is 11.5 Å². The van der Waals surface area contributed by atoms with Crippen LogP contribution < -0.4 is 9.47 Å². The zero-order chi connectivity index (χ0) is 20.1. The van der Waals surface area contributed by atoms with Crippen molar-refractivity contribution in [1.82, 2.24) is 9.88 Å². The number of pyridine rings is 1. The Bertz CT molecular complexity index is 810. The van der Waals surface area contributed by atoms with Crippen molar-refractivity contribution >= 4 is 5.91 Å². The first-order valence-corrected chi connectivity index (χ1v) is 10.8. The standard InChI is InChI=1S/C24H30N2O3/c1-28-22-9-8-19(16-23(22)29-21-6-2-3-7-21)15-18-10-13-26(14-11-18)24(27)20-5-4-12-25-17-20/h4-5,8-9,12,16-18,21H,2-3,6-7,10-11,13-15H2,1H3. The molecule has 4 rings (SSSR count). The third kappa shape index (κ3) is 4.89. The zero-order valence-electron chi connectivity index (χ0n) is 17.2. The smallest absolute Gasteiger partial charge is 0.255 e. The lowest BCUT2D eigenvalue weighted by Crippen LogP contribution is -2.38. The number of carbonyl (C=O) groups excluding carboxylic acids is 1. The van der Waals surface area contributed by atoms with Crippen molar-refractivity contribution in [1.29, 1.82) is 0 Å². The minimum Gasteiger partial charge on any atom is -0.493 e. The van der Waals surface area contributed by atoms with E-state index in [1.165, 1.54) is 18.4 Å². The van der Waals surface area contributed by atoms with E-state index in [9.17, 15) is 4.79 Å². The average molecular weight is 395 g/mol. The fourth-order valence-electron chi connectivity index (χ4n) is 4.47. The van der Waals surface area contributed by atoms with Gasteiger partial charge in [-0.25, -0.2) is 0 Å². The van der Waals surface area contributed by atoms with E-state index >= 15 is 0 Å². The monoisotopic (exact) mass is 394 g/mol. The lowest BCUT2D eigenvalue weighted by Gasteiger charge is -2.32. The lowest BCUT2D eigenvalue weighted by atomic mass is 9.90. The Hall–Kier alpha value is -2.56. The van der Waals surface area contributed by atoms with Crippen LogP contribution in [-0.4, -0.2) is 42.1 Å². The first kappa shape index (κ1) is 19.7. The predicted molar refractivity (Wildman–Crippen MR) is 112 cm³/mol. The van der Waals surface area contributed by atoms with Gasteiger partial charge in [0.25, 0.3) is 5.91 Å². The number of hydrogen-bond acceptors (Lipinski definition) is 4. The molecule has 1 aromatic carbocycles. The van der Waals surface area contributed by atoms with Crippen LogP contribution in [0.25, 0.3) is 0 Å². The summed E-state index contributed by atoms with van der Waals surface area (Å²) in [7, 11) is 1.70. The molecule has 1 saturated carbocycles. The van der Waals surface area contributed by atoms with Crippen LogP contribution in [0.1, 0.15) is 54.4 Å². The third-order valence-corrected chi connectivity index (χ3v) is 6.16. The summed E-state index contributed by atoms with van der Waals surface area (Å²) in [4.78, 5) is 18.6. The van der Waals surface area contributed by atoms with Crippen LogP contribution in [0.2, 0.25) is 0 Å². The minimum absolute atomic E-state index is 0.0910. The van der Waals surface area contributed by atoms with Crippen molar-refractivity contribution < 1.29 is 14.3 Å². The molecule has 154 valence electrons. The molecule has 2 aromatic rings. The highest BCUT2D eigenvalue weighted by molar-refractivity contribution is 5.93. The third-order valence-electron chi connectivity index (χ3n) is 6.16. The molecule has 1 amide bonds. The van der Waals surface area contributed by atoms with Gasteiger partial charge in [0.05, 0.1) is 18.8 Å². The molecule has 0 atom stereocenters. The van der Waals surface area contributed by atoms with Gasteiger partial charge in [0.1, 0.15) is 0 Å². The molecule has 5 nitrogen and oxygen atoms in total. The summed E-state index contributed by atoms with van der Waals surface area (Å²) in [6, 6.07) is 9.98. The van der Waals surface area contributed by atoms with E-state index in [0.29, 0.717) is 17.6 Å². The molecule has 0 unspecified atom stereocenters. The molecule has 0 spiro atoms. The summed E-state index contributed by atoms with van der Waals surface area (Å²) in [5.74, 6) is 2.37. The van der Waals surface area contributed by atoms with E-state index in [4.69, 9.17) is 9.47 Å². The zero-order valence-corrected chi connectivity index (χ0v) is 17.2. The number of methoxy groups -OCH3 is 1.